The smallest absolute Gasteiger partial charge is 0.227 e. The second kappa shape index (κ2) is 16.1. The first-order chi connectivity index (χ1) is 14.1. The fraction of sp³-hybridized carbons (Fsp3) is 0.750. The second-order valence-electron chi connectivity index (χ2n) is 7.94. The normalized spacial score (nSPS) is 12.2. The quantitative estimate of drug-likeness (QED) is 0.209. The molecule has 0 aliphatic rings. The van der Waals surface area contributed by atoms with Gasteiger partial charge in [-0.25, -0.2) is 4.98 Å². The maximum atomic E-state index is 13.2. The van der Waals surface area contributed by atoms with Gasteiger partial charge in [0.1, 0.15) is 5.03 Å². The lowest BCUT2D eigenvalue weighted by molar-refractivity contribution is -0.120. The molecule has 1 aromatic heterocycles. The predicted octanol–water partition coefficient (Wildman–Crippen LogP) is 8.11. The van der Waals surface area contributed by atoms with Gasteiger partial charge in [0.15, 0.2) is 0 Å². The van der Waals surface area contributed by atoms with E-state index < -0.39 is 0 Å². The monoisotopic (exact) mass is 438 g/mol. The third kappa shape index (κ3) is 10.3. The van der Waals surface area contributed by atoms with E-state index in [1.54, 1.807) is 23.5 Å². The number of anilines is 1. The summed E-state index contributed by atoms with van der Waals surface area (Å²) in [5.41, 5.74) is 1.90. The number of thioether (sulfide) groups is 2. The third-order valence-electron chi connectivity index (χ3n) is 5.42. The minimum atomic E-state index is 0.115. The van der Waals surface area contributed by atoms with Gasteiger partial charge in [-0.3, -0.25) is 4.79 Å². The molecule has 1 unspecified atom stereocenters. The van der Waals surface area contributed by atoms with Crippen molar-refractivity contribution in [3.63, 3.8) is 0 Å². The van der Waals surface area contributed by atoms with Gasteiger partial charge >= 0.3 is 0 Å². The van der Waals surface area contributed by atoms with Crippen molar-refractivity contribution in [2.45, 2.75) is 108 Å². The number of amides is 1. The predicted molar refractivity (Wildman–Crippen MR) is 131 cm³/mol. The minimum Gasteiger partial charge on any atom is -0.323 e. The van der Waals surface area contributed by atoms with Crippen LogP contribution < -0.4 is 5.32 Å². The molecule has 29 heavy (non-hydrogen) atoms. The zero-order valence-electron chi connectivity index (χ0n) is 19.3. The molecule has 0 fully saturated rings. The van der Waals surface area contributed by atoms with Crippen molar-refractivity contribution in [1.82, 2.24) is 4.98 Å². The summed E-state index contributed by atoms with van der Waals surface area (Å²) in [7, 11) is 0. The van der Waals surface area contributed by atoms with Gasteiger partial charge in [0.25, 0.3) is 0 Å². The van der Waals surface area contributed by atoms with E-state index in [4.69, 9.17) is 0 Å². The molecule has 1 aromatic rings. The third-order valence-corrected chi connectivity index (χ3v) is 6.87. The van der Waals surface area contributed by atoms with Crippen molar-refractivity contribution in [2.24, 2.45) is 5.92 Å². The summed E-state index contributed by atoms with van der Waals surface area (Å²) in [6.45, 7) is 6.50. The van der Waals surface area contributed by atoms with E-state index in [-0.39, 0.29) is 11.8 Å². The number of aryl methyl sites for hydroxylation is 1. The van der Waals surface area contributed by atoms with Crippen LogP contribution in [0, 0.1) is 12.8 Å². The van der Waals surface area contributed by atoms with E-state index in [0.29, 0.717) is 0 Å². The van der Waals surface area contributed by atoms with Crippen molar-refractivity contribution >= 4 is 35.1 Å². The van der Waals surface area contributed by atoms with Crippen LogP contribution in [0.3, 0.4) is 0 Å². The fourth-order valence-corrected chi connectivity index (χ4v) is 4.96. The topological polar surface area (TPSA) is 42.0 Å². The molecule has 1 N–H and O–H groups in total. The molecule has 1 atom stereocenters. The number of carbonyl (C=O) groups is 1. The molecule has 0 aliphatic carbocycles. The molecular weight excluding hydrogens is 396 g/mol. The Labute approximate surface area is 188 Å². The molecule has 0 saturated heterocycles. The Morgan fingerprint density at radius 3 is 2.03 bits per heavy atom. The van der Waals surface area contributed by atoms with Gasteiger partial charge in [0, 0.05) is 16.5 Å². The minimum absolute atomic E-state index is 0.115. The van der Waals surface area contributed by atoms with Crippen LogP contribution in [0.25, 0.3) is 0 Å². The van der Waals surface area contributed by atoms with Crippen LogP contribution in [-0.2, 0) is 4.79 Å². The Kier molecular flexibility index (Phi) is 14.6. The van der Waals surface area contributed by atoms with Gasteiger partial charge in [-0.2, -0.15) is 0 Å². The number of pyridine rings is 1. The summed E-state index contributed by atoms with van der Waals surface area (Å²) in [6.07, 6.45) is 18.6. The van der Waals surface area contributed by atoms with Crippen LogP contribution >= 0.6 is 23.5 Å². The van der Waals surface area contributed by atoms with E-state index in [1.807, 2.05) is 13.2 Å². The van der Waals surface area contributed by atoms with Gasteiger partial charge in [0.05, 0.1) is 5.69 Å². The highest BCUT2D eigenvalue weighted by molar-refractivity contribution is 7.99. The lowest BCUT2D eigenvalue weighted by Gasteiger charge is -2.19. The largest absolute Gasteiger partial charge is 0.323 e. The number of nitrogens with zero attached hydrogens (tertiary/aromatic N) is 1. The maximum Gasteiger partial charge on any atom is 0.227 e. The van der Waals surface area contributed by atoms with Crippen molar-refractivity contribution < 1.29 is 4.79 Å². The second-order valence-corrected chi connectivity index (χ2v) is 9.59. The number of hydrogen-bond donors (Lipinski definition) is 1. The van der Waals surface area contributed by atoms with Crippen LogP contribution in [-0.4, -0.2) is 23.4 Å². The SMILES string of the molecule is CCCCCCCCC(CCCCCC)C(=O)Nc1c(SC)cc(C)nc1SC. The lowest BCUT2D eigenvalue weighted by Crippen LogP contribution is -2.24. The van der Waals surface area contributed by atoms with Gasteiger partial charge in [0.2, 0.25) is 5.91 Å². The van der Waals surface area contributed by atoms with Crippen LogP contribution in [0.4, 0.5) is 5.69 Å². The summed E-state index contributed by atoms with van der Waals surface area (Å²) in [5, 5.41) is 4.19. The summed E-state index contributed by atoms with van der Waals surface area (Å²) in [4.78, 5) is 19.0. The van der Waals surface area contributed by atoms with E-state index in [9.17, 15) is 4.79 Å². The Morgan fingerprint density at radius 1 is 0.931 bits per heavy atom. The summed E-state index contributed by atoms with van der Waals surface area (Å²) < 4.78 is 0. The van der Waals surface area contributed by atoms with Crippen LogP contribution in [0.1, 0.15) is 96.6 Å². The van der Waals surface area contributed by atoms with E-state index >= 15 is 0 Å². The lowest BCUT2D eigenvalue weighted by atomic mass is 9.93. The molecule has 0 aromatic carbocycles. The van der Waals surface area contributed by atoms with Crippen molar-refractivity contribution in [2.75, 3.05) is 17.8 Å². The van der Waals surface area contributed by atoms with Crippen molar-refractivity contribution in [1.29, 1.82) is 0 Å². The molecule has 166 valence electrons. The summed E-state index contributed by atoms with van der Waals surface area (Å²) in [6, 6.07) is 2.07. The summed E-state index contributed by atoms with van der Waals surface area (Å²) >= 11 is 3.29. The Bertz CT molecular complexity index is 567. The highest BCUT2D eigenvalue weighted by Gasteiger charge is 2.21. The number of unbranched alkanes of at least 4 members (excludes halogenated alkanes) is 8. The van der Waals surface area contributed by atoms with Crippen molar-refractivity contribution in [3.8, 4) is 0 Å². The number of rotatable bonds is 16. The number of nitrogens with one attached hydrogen (secondary N) is 1. The van der Waals surface area contributed by atoms with E-state index in [1.165, 1.54) is 51.4 Å². The molecule has 0 saturated carbocycles. The molecular formula is C24H42N2OS2. The fourth-order valence-electron chi connectivity index (χ4n) is 3.66. The molecule has 1 amide bonds. The number of hydrogen-bond acceptors (Lipinski definition) is 4. The highest BCUT2D eigenvalue weighted by atomic mass is 32.2. The van der Waals surface area contributed by atoms with Crippen molar-refractivity contribution in [3.05, 3.63) is 11.8 Å². The van der Waals surface area contributed by atoms with Gasteiger partial charge in [-0.05, 0) is 38.3 Å². The molecule has 0 bridgehead atoms. The Morgan fingerprint density at radius 2 is 1.48 bits per heavy atom. The standard InChI is InChI=1S/C24H42N2OS2/c1-6-8-10-12-13-15-17-20(16-14-11-9-7-2)23(27)26-22-21(28-4)18-19(3)25-24(22)29-5/h18,20H,6-17H2,1-5H3,(H,26,27). The Balaban J connectivity index is 2.76. The molecule has 0 aliphatic heterocycles. The zero-order valence-corrected chi connectivity index (χ0v) is 20.9. The van der Waals surface area contributed by atoms with E-state index in [2.05, 4.69) is 36.5 Å². The van der Waals surface area contributed by atoms with E-state index in [0.717, 1.165) is 47.0 Å². The molecule has 3 nitrogen and oxygen atoms in total. The van der Waals surface area contributed by atoms with Crippen LogP contribution in [0.15, 0.2) is 16.0 Å². The summed E-state index contributed by atoms with van der Waals surface area (Å²) in [5.74, 6) is 0.301. The number of carbonyl (C=O) groups excluding carboxylic acids is 1. The average Bonchev–Trinajstić information content (AvgIpc) is 2.72. The first-order valence-corrected chi connectivity index (χ1v) is 13.9. The maximum absolute atomic E-state index is 13.2. The zero-order chi connectivity index (χ0) is 21.5. The van der Waals surface area contributed by atoms with Gasteiger partial charge in [-0.1, -0.05) is 78.1 Å². The molecule has 1 heterocycles. The van der Waals surface area contributed by atoms with Gasteiger partial charge < -0.3 is 5.32 Å². The first-order valence-electron chi connectivity index (χ1n) is 11.5. The molecule has 5 heteroatoms. The van der Waals surface area contributed by atoms with Gasteiger partial charge in [-0.15, -0.1) is 23.5 Å². The molecule has 0 spiro atoms. The number of aromatic nitrogens is 1. The highest BCUT2D eigenvalue weighted by Crippen LogP contribution is 2.34. The Hall–Kier alpha value is -0.680. The first kappa shape index (κ1) is 26.4. The van der Waals surface area contributed by atoms with Crippen LogP contribution in [0.5, 0.6) is 0 Å². The van der Waals surface area contributed by atoms with Crippen LogP contribution in [0.2, 0.25) is 0 Å². The molecule has 0 radical (unpaired) electrons. The average molecular weight is 439 g/mol. The molecule has 1 rings (SSSR count).